The number of carbonyl (C=O) groups is 1. The van der Waals surface area contributed by atoms with Gasteiger partial charge in [-0.15, -0.1) is 0 Å². The molecule has 0 aliphatic heterocycles. The summed E-state index contributed by atoms with van der Waals surface area (Å²) in [4.78, 5) is 13.7. The summed E-state index contributed by atoms with van der Waals surface area (Å²) in [6.45, 7) is 0. The summed E-state index contributed by atoms with van der Waals surface area (Å²) in [5.41, 5.74) is 4.78. The van der Waals surface area contributed by atoms with Crippen molar-refractivity contribution in [2.24, 2.45) is 5.73 Å². The monoisotopic (exact) mass is 127 g/mol. The molecule has 0 fully saturated rings. The van der Waals surface area contributed by atoms with E-state index in [-0.39, 0.29) is 5.69 Å². The molecular weight excluding hydrogens is 122 g/mol. The molecule has 0 unspecified atom stereocenters. The van der Waals surface area contributed by atoms with E-state index >= 15 is 0 Å². The van der Waals surface area contributed by atoms with Crippen molar-refractivity contribution in [3.05, 3.63) is 18.2 Å². The van der Waals surface area contributed by atoms with Crippen LogP contribution in [0.2, 0.25) is 0 Å². The van der Waals surface area contributed by atoms with Crippen molar-refractivity contribution in [1.29, 1.82) is 0 Å². The Morgan fingerprint density at radius 1 is 1.89 bits per heavy atom. The topological polar surface area (TPSA) is 81.1 Å². The Bertz CT molecular complexity index is 229. The van der Waals surface area contributed by atoms with E-state index in [1.165, 1.54) is 6.20 Å². The molecule has 48 valence electrons. The van der Waals surface area contributed by atoms with Crippen molar-refractivity contribution >= 4 is 5.91 Å². The number of imidazole rings is 1. The second-order valence-electron chi connectivity index (χ2n) is 1.49. The lowest BCUT2D eigenvalue weighted by Crippen LogP contribution is -2.14. The van der Waals surface area contributed by atoms with E-state index in [4.69, 9.17) is 10.9 Å². The van der Waals surface area contributed by atoms with Crippen LogP contribution in [0.3, 0.4) is 0 Å². The van der Waals surface area contributed by atoms with Crippen LogP contribution < -0.4 is 5.73 Å². The third-order valence-corrected chi connectivity index (χ3v) is 0.872. The summed E-state index contributed by atoms with van der Waals surface area (Å²) < 4.78 is 0.572. The standard InChI is InChI=1S/C4H5N3O2/c5-4(8)3-1-6-2-7(3)9/h1-2,9H,(H2,5,8). The van der Waals surface area contributed by atoms with Crippen molar-refractivity contribution in [3.63, 3.8) is 0 Å². The zero-order chi connectivity index (χ0) is 6.85. The highest BCUT2D eigenvalue weighted by Crippen LogP contribution is 1.91. The lowest BCUT2D eigenvalue weighted by atomic mass is 10.5. The minimum Gasteiger partial charge on any atom is -0.427 e. The first kappa shape index (κ1) is 5.61. The molecule has 1 aromatic rings. The fraction of sp³-hybridized carbons (Fsp3) is 0. The lowest BCUT2D eigenvalue weighted by molar-refractivity contribution is 0.0950. The molecule has 0 atom stereocenters. The predicted molar refractivity (Wildman–Crippen MR) is 27.9 cm³/mol. The molecule has 0 aromatic carbocycles. The van der Waals surface area contributed by atoms with Gasteiger partial charge in [0.1, 0.15) is 6.33 Å². The maximum Gasteiger partial charge on any atom is 0.270 e. The van der Waals surface area contributed by atoms with Crippen molar-refractivity contribution in [2.45, 2.75) is 0 Å². The molecule has 1 aromatic heterocycles. The van der Waals surface area contributed by atoms with Crippen LogP contribution in [0.5, 0.6) is 0 Å². The highest BCUT2D eigenvalue weighted by molar-refractivity contribution is 5.90. The van der Waals surface area contributed by atoms with Gasteiger partial charge < -0.3 is 10.9 Å². The zero-order valence-corrected chi connectivity index (χ0v) is 4.48. The number of primary amides is 1. The maximum atomic E-state index is 10.3. The van der Waals surface area contributed by atoms with Gasteiger partial charge in [0.25, 0.3) is 5.91 Å². The Hall–Kier alpha value is -1.52. The molecular formula is C4H5N3O2. The third kappa shape index (κ3) is 0.835. The highest BCUT2D eigenvalue weighted by atomic mass is 16.5. The molecule has 0 saturated heterocycles. The molecule has 0 radical (unpaired) electrons. The summed E-state index contributed by atoms with van der Waals surface area (Å²) in [6.07, 6.45) is 2.27. The Morgan fingerprint density at radius 2 is 2.56 bits per heavy atom. The lowest BCUT2D eigenvalue weighted by Gasteiger charge is -1.90. The first-order chi connectivity index (χ1) is 4.22. The Morgan fingerprint density at radius 3 is 2.78 bits per heavy atom. The third-order valence-electron chi connectivity index (χ3n) is 0.872. The smallest absolute Gasteiger partial charge is 0.270 e. The molecule has 3 N–H and O–H groups in total. The average molecular weight is 127 g/mol. The minimum absolute atomic E-state index is 0.0185. The SMILES string of the molecule is NC(=O)c1cncn1O. The summed E-state index contributed by atoms with van der Waals surface area (Å²) in [5, 5.41) is 8.67. The maximum absolute atomic E-state index is 10.3. The van der Waals surface area contributed by atoms with Gasteiger partial charge in [-0.3, -0.25) is 4.79 Å². The van der Waals surface area contributed by atoms with Gasteiger partial charge in [-0.05, 0) is 0 Å². The fourth-order valence-electron chi connectivity index (χ4n) is 0.465. The number of nitrogens with two attached hydrogens (primary N) is 1. The number of carbonyl (C=O) groups excluding carboxylic acids is 1. The van der Waals surface area contributed by atoms with E-state index in [9.17, 15) is 4.79 Å². The molecule has 5 nitrogen and oxygen atoms in total. The van der Waals surface area contributed by atoms with Crippen LogP contribution in [0.1, 0.15) is 10.5 Å². The van der Waals surface area contributed by atoms with Gasteiger partial charge in [-0.1, -0.05) is 0 Å². The molecule has 0 saturated carbocycles. The summed E-state index contributed by atoms with van der Waals surface area (Å²) in [5.74, 6) is -0.699. The van der Waals surface area contributed by atoms with E-state index in [1.54, 1.807) is 0 Å². The Kier molecular flexibility index (Phi) is 1.11. The molecule has 1 rings (SSSR count). The van der Waals surface area contributed by atoms with E-state index in [1.807, 2.05) is 0 Å². The van der Waals surface area contributed by atoms with E-state index < -0.39 is 5.91 Å². The quantitative estimate of drug-likeness (QED) is 0.485. The van der Waals surface area contributed by atoms with Gasteiger partial charge in [-0.2, -0.15) is 4.73 Å². The van der Waals surface area contributed by atoms with Gasteiger partial charge >= 0.3 is 0 Å². The molecule has 1 heterocycles. The molecule has 5 heteroatoms. The van der Waals surface area contributed by atoms with Crippen LogP contribution >= 0.6 is 0 Å². The number of nitrogens with zero attached hydrogens (tertiary/aromatic N) is 2. The number of rotatable bonds is 1. The molecule has 1 amide bonds. The van der Waals surface area contributed by atoms with Crippen molar-refractivity contribution in [3.8, 4) is 0 Å². The average Bonchev–Trinajstić information content (AvgIpc) is 2.13. The molecule has 9 heavy (non-hydrogen) atoms. The Labute approximate surface area is 50.7 Å². The molecule has 0 aliphatic rings. The molecule has 0 spiro atoms. The van der Waals surface area contributed by atoms with Crippen LogP contribution in [-0.4, -0.2) is 20.8 Å². The number of amides is 1. The largest absolute Gasteiger partial charge is 0.427 e. The predicted octanol–water partition coefficient (Wildman–Crippen LogP) is -0.781. The summed E-state index contributed by atoms with van der Waals surface area (Å²) in [7, 11) is 0. The molecule has 0 bridgehead atoms. The van der Waals surface area contributed by atoms with E-state index in [0.717, 1.165) is 6.33 Å². The van der Waals surface area contributed by atoms with Crippen LogP contribution in [0.4, 0.5) is 0 Å². The Balaban J connectivity index is 3.08. The van der Waals surface area contributed by atoms with Crippen molar-refractivity contribution in [2.75, 3.05) is 0 Å². The van der Waals surface area contributed by atoms with E-state index in [2.05, 4.69) is 4.98 Å². The van der Waals surface area contributed by atoms with E-state index in [0.29, 0.717) is 4.73 Å². The van der Waals surface area contributed by atoms with Gasteiger partial charge in [0, 0.05) is 0 Å². The van der Waals surface area contributed by atoms with Gasteiger partial charge in [-0.25, -0.2) is 4.98 Å². The normalized spacial score (nSPS) is 9.33. The minimum atomic E-state index is -0.699. The van der Waals surface area contributed by atoms with Crippen LogP contribution in [-0.2, 0) is 0 Å². The van der Waals surface area contributed by atoms with Gasteiger partial charge in [0.15, 0.2) is 5.69 Å². The van der Waals surface area contributed by atoms with Gasteiger partial charge in [0.05, 0.1) is 6.20 Å². The first-order valence-corrected chi connectivity index (χ1v) is 2.23. The van der Waals surface area contributed by atoms with Crippen molar-refractivity contribution < 1.29 is 10.0 Å². The second kappa shape index (κ2) is 1.77. The van der Waals surface area contributed by atoms with Crippen molar-refractivity contribution in [1.82, 2.24) is 9.71 Å². The van der Waals surface area contributed by atoms with Crippen LogP contribution in [0.15, 0.2) is 12.5 Å². The summed E-state index contributed by atoms with van der Waals surface area (Å²) in [6, 6.07) is 0. The number of hydrogen-bond acceptors (Lipinski definition) is 3. The number of hydrogen-bond donors (Lipinski definition) is 2. The highest BCUT2D eigenvalue weighted by Gasteiger charge is 2.04. The van der Waals surface area contributed by atoms with Gasteiger partial charge in [0.2, 0.25) is 0 Å². The first-order valence-electron chi connectivity index (χ1n) is 2.23. The van der Waals surface area contributed by atoms with Crippen LogP contribution in [0, 0.1) is 0 Å². The zero-order valence-electron chi connectivity index (χ0n) is 4.48. The van der Waals surface area contributed by atoms with Crippen LogP contribution in [0.25, 0.3) is 0 Å². The number of aromatic nitrogens is 2. The fourth-order valence-corrected chi connectivity index (χ4v) is 0.465. The molecule has 0 aliphatic carbocycles. The summed E-state index contributed by atoms with van der Waals surface area (Å²) >= 11 is 0. The second-order valence-corrected chi connectivity index (χ2v) is 1.49.